The molecule has 0 bridgehead atoms. The number of rotatable bonds is 1. The highest BCUT2D eigenvalue weighted by Crippen LogP contribution is 2.33. The molecule has 0 atom stereocenters. The molecule has 1 heterocycles. The number of hydrogen-bond donors (Lipinski definition) is 0. The molecule has 0 aliphatic heterocycles. The summed E-state index contributed by atoms with van der Waals surface area (Å²) in [5.41, 5.74) is 1.48. The molecule has 0 fully saturated rings. The fourth-order valence-corrected chi connectivity index (χ4v) is 1.61. The van der Waals surface area contributed by atoms with Crippen LogP contribution in [0.1, 0.15) is 0 Å². The molecule has 0 saturated carbocycles. The molecule has 5 heteroatoms. The van der Waals surface area contributed by atoms with Crippen LogP contribution in [0.5, 0.6) is 0 Å². The zero-order valence-electron chi connectivity index (χ0n) is 6.80. The van der Waals surface area contributed by atoms with Crippen LogP contribution >= 0.6 is 39.1 Å². The molecule has 0 unspecified atom stereocenters. The lowest BCUT2D eigenvalue weighted by molar-refractivity contribution is 0.402. The van der Waals surface area contributed by atoms with Crippen LogP contribution in [0.25, 0.3) is 11.3 Å². The van der Waals surface area contributed by atoms with Gasteiger partial charge in [-0.25, -0.2) is 0 Å². The SMILES string of the molecule is Clc1ccc(-c2noc(Br)c2Cl)cc1. The molecule has 0 aliphatic rings. The van der Waals surface area contributed by atoms with Crippen LogP contribution in [0, 0.1) is 0 Å². The van der Waals surface area contributed by atoms with E-state index in [2.05, 4.69) is 21.1 Å². The third kappa shape index (κ3) is 1.80. The van der Waals surface area contributed by atoms with Gasteiger partial charge in [0.15, 0.2) is 0 Å². The predicted octanol–water partition coefficient (Wildman–Crippen LogP) is 4.41. The van der Waals surface area contributed by atoms with Crippen LogP contribution in [0.3, 0.4) is 0 Å². The maximum Gasteiger partial charge on any atom is 0.221 e. The van der Waals surface area contributed by atoms with Gasteiger partial charge in [0.1, 0.15) is 10.7 Å². The van der Waals surface area contributed by atoms with Gasteiger partial charge in [-0.3, -0.25) is 0 Å². The fraction of sp³-hybridized carbons (Fsp3) is 0. The third-order valence-corrected chi connectivity index (χ3v) is 3.09. The van der Waals surface area contributed by atoms with Gasteiger partial charge in [0, 0.05) is 10.6 Å². The van der Waals surface area contributed by atoms with E-state index in [0.717, 1.165) is 5.56 Å². The van der Waals surface area contributed by atoms with Crippen molar-refractivity contribution in [1.29, 1.82) is 0 Å². The maximum absolute atomic E-state index is 5.95. The molecular formula is C9H4BrCl2NO. The Hall–Kier alpha value is -0.510. The van der Waals surface area contributed by atoms with Crippen LogP contribution in [-0.2, 0) is 0 Å². The summed E-state index contributed by atoms with van der Waals surface area (Å²) < 4.78 is 5.32. The average Bonchev–Trinajstić information content (AvgIpc) is 2.50. The summed E-state index contributed by atoms with van der Waals surface area (Å²) in [6.45, 7) is 0. The lowest BCUT2D eigenvalue weighted by Crippen LogP contribution is -1.76. The highest BCUT2D eigenvalue weighted by atomic mass is 79.9. The van der Waals surface area contributed by atoms with Gasteiger partial charge in [0.2, 0.25) is 4.67 Å². The van der Waals surface area contributed by atoms with Crippen molar-refractivity contribution in [3.8, 4) is 11.3 Å². The molecule has 0 amide bonds. The standard InChI is InChI=1S/C9H4BrCl2NO/c10-9-7(12)8(13-14-9)5-1-3-6(11)4-2-5/h1-4H. The van der Waals surface area contributed by atoms with Crippen molar-refractivity contribution in [2.24, 2.45) is 0 Å². The van der Waals surface area contributed by atoms with Gasteiger partial charge in [-0.2, -0.15) is 0 Å². The summed E-state index contributed by atoms with van der Waals surface area (Å²) in [6, 6.07) is 7.21. The largest absolute Gasteiger partial charge is 0.347 e. The van der Waals surface area contributed by atoms with Gasteiger partial charge in [-0.1, -0.05) is 40.5 Å². The van der Waals surface area contributed by atoms with E-state index in [1.165, 1.54) is 0 Å². The fourth-order valence-electron chi connectivity index (χ4n) is 1.05. The molecule has 2 rings (SSSR count). The molecule has 72 valence electrons. The average molecular weight is 293 g/mol. The van der Waals surface area contributed by atoms with Gasteiger partial charge in [0.05, 0.1) is 0 Å². The summed E-state index contributed by atoms with van der Waals surface area (Å²) in [5.74, 6) is 0. The summed E-state index contributed by atoms with van der Waals surface area (Å²) in [4.78, 5) is 0. The first-order valence-electron chi connectivity index (χ1n) is 3.75. The Bertz CT molecular complexity index is 452. The molecule has 1 aromatic heterocycles. The number of hydrogen-bond acceptors (Lipinski definition) is 2. The highest BCUT2D eigenvalue weighted by Gasteiger charge is 2.12. The minimum atomic E-state index is 0.434. The van der Waals surface area contributed by atoms with Crippen molar-refractivity contribution in [1.82, 2.24) is 5.16 Å². The summed E-state index contributed by atoms with van der Waals surface area (Å²) in [6.07, 6.45) is 0. The first kappa shape index (κ1) is 10.0. The molecule has 0 saturated heterocycles. The number of nitrogens with zero attached hydrogens (tertiary/aromatic N) is 1. The maximum atomic E-state index is 5.95. The molecule has 0 aliphatic carbocycles. The Morgan fingerprint density at radius 1 is 1.14 bits per heavy atom. The molecule has 2 aromatic rings. The van der Waals surface area contributed by atoms with E-state index in [9.17, 15) is 0 Å². The van der Waals surface area contributed by atoms with Crippen molar-refractivity contribution in [3.63, 3.8) is 0 Å². The lowest BCUT2D eigenvalue weighted by atomic mass is 10.2. The summed E-state index contributed by atoms with van der Waals surface area (Å²) in [5, 5.41) is 4.96. The number of halogens is 3. The second-order valence-corrected chi connectivity index (χ2v) is 4.16. The monoisotopic (exact) mass is 291 g/mol. The van der Waals surface area contributed by atoms with Crippen LogP contribution in [0.4, 0.5) is 0 Å². The second kappa shape index (κ2) is 3.93. The topological polar surface area (TPSA) is 26.0 Å². The summed E-state index contributed by atoms with van der Waals surface area (Å²) in [7, 11) is 0. The number of aromatic nitrogens is 1. The van der Waals surface area contributed by atoms with Crippen LogP contribution in [0.15, 0.2) is 33.5 Å². The van der Waals surface area contributed by atoms with E-state index in [1.807, 2.05) is 12.1 Å². The zero-order chi connectivity index (χ0) is 10.1. The Morgan fingerprint density at radius 3 is 2.29 bits per heavy atom. The van der Waals surface area contributed by atoms with E-state index < -0.39 is 0 Å². The van der Waals surface area contributed by atoms with E-state index in [0.29, 0.717) is 20.4 Å². The van der Waals surface area contributed by atoms with Crippen molar-refractivity contribution < 1.29 is 4.52 Å². The highest BCUT2D eigenvalue weighted by molar-refractivity contribution is 9.10. The van der Waals surface area contributed by atoms with Crippen molar-refractivity contribution in [2.75, 3.05) is 0 Å². The minimum Gasteiger partial charge on any atom is -0.347 e. The van der Waals surface area contributed by atoms with Gasteiger partial charge in [0.25, 0.3) is 0 Å². The Balaban J connectivity index is 2.49. The van der Waals surface area contributed by atoms with Gasteiger partial charge < -0.3 is 4.52 Å². The molecule has 1 aromatic carbocycles. The Kier molecular flexibility index (Phi) is 2.81. The smallest absolute Gasteiger partial charge is 0.221 e. The Labute approximate surface area is 98.9 Å². The van der Waals surface area contributed by atoms with Crippen molar-refractivity contribution in [3.05, 3.63) is 39.0 Å². The van der Waals surface area contributed by atoms with Gasteiger partial charge >= 0.3 is 0 Å². The van der Waals surface area contributed by atoms with Crippen LogP contribution in [-0.4, -0.2) is 5.16 Å². The molecule has 2 nitrogen and oxygen atoms in total. The normalized spacial score (nSPS) is 10.5. The quantitative estimate of drug-likeness (QED) is 0.778. The molecule has 0 spiro atoms. The van der Waals surface area contributed by atoms with Crippen molar-refractivity contribution >= 4 is 39.1 Å². The first-order valence-corrected chi connectivity index (χ1v) is 5.30. The van der Waals surface area contributed by atoms with E-state index in [4.69, 9.17) is 27.7 Å². The molecule has 14 heavy (non-hydrogen) atoms. The van der Waals surface area contributed by atoms with Crippen LogP contribution in [0.2, 0.25) is 10.0 Å². The molecule has 0 radical (unpaired) electrons. The third-order valence-electron chi connectivity index (χ3n) is 1.72. The van der Waals surface area contributed by atoms with Crippen molar-refractivity contribution in [2.45, 2.75) is 0 Å². The van der Waals surface area contributed by atoms with Gasteiger partial charge in [-0.15, -0.1) is 0 Å². The van der Waals surface area contributed by atoms with Crippen LogP contribution < -0.4 is 0 Å². The lowest BCUT2D eigenvalue weighted by Gasteiger charge is -1.95. The van der Waals surface area contributed by atoms with E-state index in [1.54, 1.807) is 12.1 Å². The predicted molar refractivity (Wildman–Crippen MR) is 59.7 cm³/mol. The number of benzene rings is 1. The minimum absolute atomic E-state index is 0.434. The van der Waals surface area contributed by atoms with Gasteiger partial charge in [-0.05, 0) is 28.1 Å². The Morgan fingerprint density at radius 2 is 1.79 bits per heavy atom. The first-order chi connectivity index (χ1) is 6.68. The summed E-state index contributed by atoms with van der Waals surface area (Å²) >= 11 is 14.8. The second-order valence-electron chi connectivity index (χ2n) is 2.63. The van der Waals surface area contributed by atoms with E-state index >= 15 is 0 Å². The molecule has 0 N–H and O–H groups in total. The molecular weight excluding hydrogens is 289 g/mol. The zero-order valence-corrected chi connectivity index (χ0v) is 9.90. The van der Waals surface area contributed by atoms with E-state index in [-0.39, 0.29) is 0 Å².